The maximum absolute atomic E-state index is 12.8. The second-order valence-electron chi connectivity index (χ2n) is 7.35. The van der Waals surface area contributed by atoms with Gasteiger partial charge in [0.15, 0.2) is 5.60 Å². The first kappa shape index (κ1) is 23.1. The smallest absolute Gasteiger partial charge is 0.418 e. The summed E-state index contributed by atoms with van der Waals surface area (Å²) in [5, 5.41) is 5.30. The molecule has 3 rings (SSSR count). The predicted molar refractivity (Wildman–Crippen MR) is 118 cm³/mol. The second-order valence-corrected chi connectivity index (χ2v) is 8.22. The highest BCUT2D eigenvalue weighted by molar-refractivity contribution is 6.34. The first-order valence-electron chi connectivity index (χ1n) is 9.40. The van der Waals surface area contributed by atoms with Crippen molar-refractivity contribution < 1.29 is 23.9 Å². The van der Waals surface area contributed by atoms with Gasteiger partial charge in [-0.1, -0.05) is 34.4 Å². The van der Waals surface area contributed by atoms with Crippen LogP contribution in [0.5, 0.6) is 0 Å². The number of benzene rings is 2. The van der Waals surface area contributed by atoms with Gasteiger partial charge in [-0.15, -0.1) is 0 Å². The van der Waals surface area contributed by atoms with Crippen LogP contribution >= 0.6 is 23.2 Å². The summed E-state index contributed by atoms with van der Waals surface area (Å²) in [4.78, 5) is 31.4. The molecular weight excluding hydrogens is 443 g/mol. The van der Waals surface area contributed by atoms with Gasteiger partial charge in [0.2, 0.25) is 0 Å². The third-order valence-corrected chi connectivity index (χ3v) is 5.46. The Kier molecular flexibility index (Phi) is 6.89. The maximum atomic E-state index is 12.8. The molecule has 1 aliphatic heterocycles. The van der Waals surface area contributed by atoms with Gasteiger partial charge in [0.1, 0.15) is 6.73 Å². The van der Waals surface area contributed by atoms with E-state index in [1.54, 1.807) is 37.3 Å². The van der Waals surface area contributed by atoms with E-state index in [9.17, 15) is 9.59 Å². The predicted octanol–water partition coefficient (Wildman–Crippen LogP) is 5.15. The van der Waals surface area contributed by atoms with Crippen LogP contribution in [-0.2, 0) is 19.9 Å². The molecule has 0 radical (unpaired) electrons. The van der Waals surface area contributed by atoms with E-state index in [2.05, 4.69) is 9.89 Å². The average molecular weight is 465 g/mol. The molecule has 31 heavy (non-hydrogen) atoms. The van der Waals surface area contributed by atoms with Gasteiger partial charge in [-0.3, -0.25) is 4.79 Å². The Labute approximate surface area is 190 Å². The Bertz CT molecular complexity index is 1040. The van der Waals surface area contributed by atoms with Gasteiger partial charge in [-0.05, 0) is 55.3 Å². The zero-order valence-electron chi connectivity index (χ0n) is 17.6. The van der Waals surface area contributed by atoms with Crippen molar-refractivity contribution in [2.24, 2.45) is 5.16 Å². The molecule has 1 atom stereocenters. The summed E-state index contributed by atoms with van der Waals surface area (Å²) >= 11 is 12.3. The van der Waals surface area contributed by atoms with Gasteiger partial charge in [0.25, 0.3) is 5.91 Å². The van der Waals surface area contributed by atoms with Gasteiger partial charge < -0.3 is 14.3 Å². The van der Waals surface area contributed by atoms with Gasteiger partial charge in [-0.2, -0.15) is 0 Å². The Hall–Kier alpha value is -2.61. The van der Waals surface area contributed by atoms with E-state index >= 15 is 0 Å². The molecule has 0 saturated carbocycles. The Morgan fingerprint density at radius 3 is 2.42 bits per heavy atom. The average Bonchev–Trinajstić information content (AvgIpc) is 3.14. The van der Waals surface area contributed by atoms with E-state index in [-0.39, 0.29) is 6.73 Å². The van der Waals surface area contributed by atoms with Crippen molar-refractivity contribution >= 4 is 40.9 Å². The molecule has 1 heterocycles. The third kappa shape index (κ3) is 4.84. The molecule has 0 aromatic heterocycles. The molecule has 2 aromatic rings. The van der Waals surface area contributed by atoms with Crippen molar-refractivity contribution in [1.82, 2.24) is 4.90 Å². The fraction of sp³-hybridized carbons (Fsp3) is 0.318. The van der Waals surface area contributed by atoms with Gasteiger partial charge >= 0.3 is 6.09 Å². The summed E-state index contributed by atoms with van der Waals surface area (Å²) in [6, 6.07) is 10.5. The lowest BCUT2D eigenvalue weighted by Crippen LogP contribution is -2.38. The normalized spacial score (nSPS) is 17.7. The van der Waals surface area contributed by atoms with E-state index in [1.807, 2.05) is 13.0 Å². The minimum absolute atomic E-state index is 0.214. The number of amides is 2. The van der Waals surface area contributed by atoms with Crippen LogP contribution in [-0.4, -0.2) is 43.6 Å². The number of ether oxygens (including phenoxy) is 2. The highest BCUT2D eigenvalue weighted by atomic mass is 35.5. The molecule has 0 N–H and O–H groups in total. The summed E-state index contributed by atoms with van der Waals surface area (Å²) < 4.78 is 9.61. The van der Waals surface area contributed by atoms with Gasteiger partial charge in [0.05, 0.1) is 12.8 Å². The molecule has 0 unspecified atom stereocenters. The quantitative estimate of drug-likeness (QED) is 0.571. The highest BCUT2D eigenvalue weighted by Gasteiger charge is 2.37. The Balaban J connectivity index is 1.83. The first-order valence-corrected chi connectivity index (χ1v) is 10.2. The molecule has 0 saturated heterocycles. The number of oxime groups is 1. The van der Waals surface area contributed by atoms with Gasteiger partial charge in [-0.25, -0.2) is 9.69 Å². The number of nitrogens with zero attached hydrogens (tertiary/aromatic N) is 2. The molecule has 1 aliphatic rings. The molecule has 2 aromatic carbocycles. The van der Waals surface area contributed by atoms with Crippen molar-refractivity contribution in [2.45, 2.75) is 25.9 Å². The van der Waals surface area contributed by atoms with Crippen LogP contribution in [0.4, 0.5) is 4.79 Å². The zero-order chi connectivity index (χ0) is 22.8. The van der Waals surface area contributed by atoms with Crippen molar-refractivity contribution in [3.8, 4) is 0 Å². The second kappa shape index (κ2) is 9.26. The zero-order valence-corrected chi connectivity index (χ0v) is 19.1. The summed E-state index contributed by atoms with van der Waals surface area (Å²) in [5.74, 6) is -0.513. The largest absolute Gasteiger partial charge is 0.452 e. The lowest BCUT2D eigenvalue weighted by molar-refractivity contribution is -0.00738. The third-order valence-electron chi connectivity index (χ3n) is 5.02. The number of aryl methyl sites for hydroxylation is 1. The standard InChI is InChI=1S/C22H22Cl2N2O5/c1-13-7-14(5-6-18(13)20(27)26(12-29-3)21(28)30-4)19-11-22(2,31-25-19)15-8-16(23)10-17(24)9-15/h5-10H,11-12H2,1-4H3/t22-/m1/s1. The topological polar surface area (TPSA) is 77.4 Å². The van der Waals surface area contributed by atoms with Crippen LogP contribution in [0, 0.1) is 6.92 Å². The number of imide groups is 1. The molecule has 2 amide bonds. The Morgan fingerprint density at radius 1 is 1.16 bits per heavy atom. The molecule has 7 nitrogen and oxygen atoms in total. The number of rotatable bonds is 5. The number of carbonyl (C=O) groups is 2. The first-order chi connectivity index (χ1) is 14.7. The van der Waals surface area contributed by atoms with E-state index in [1.165, 1.54) is 14.2 Å². The van der Waals surface area contributed by atoms with Crippen LogP contribution in [0.1, 0.15) is 40.4 Å². The van der Waals surface area contributed by atoms with E-state index in [4.69, 9.17) is 32.8 Å². The Morgan fingerprint density at radius 2 is 1.84 bits per heavy atom. The van der Waals surface area contributed by atoms with E-state index in [0.29, 0.717) is 27.6 Å². The fourth-order valence-electron chi connectivity index (χ4n) is 3.37. The summed E-state index contributed by atoms with van der Waals surface area (Å²) in [6.45, 7) is 3.48. The highest BCUT2D eigenvalue weighted by Crippen LogP contribution is 2.38. The molecule has 0 fully saturated rings. The van der Waals surface area contributed by atoms with Crippen LogP contribution in [0.3, 0.4) is 0 Å². The van der Waals surface area contributed by atoms with Crippen LogP contribution in [0.15, 0.2) is 41.6 Å². The van der Waals surface area contributed by atoms with E-state index < -0.39 is 17.6 Å². The van der Waals surface area contributed by atoms with Crippen molar-refractivity contribution in [3.05, 3.63) is 68.7 Å². The number of carbonyl (C=O) groups excluding carboxylic acids is 2. The number of methoxy groups -OCH3 is 2. The lowest BCUT2D eigenvalue weighted by Gasteiger charge is -2.22. The molecule has 9 heteroatoms. The van der Waals surface area contributed by atoms with Gasteiger partial charge in [0, 0.05) is 34.7 Å². The maximum Gasteiger partial charge on any atom is 0.418 e. The lowest BCUT2D eigenvalue weighted by atomic mass is 9.88. The van der Waals surface area contributed by atoms with Crippen LogP contribution < -0.4 is 0 Å². The number of hydrogen-bond acceptors (Lipinski definition) is 6. The fourth-order valence-corrected chi connectivity index (χ4v) is 3.90. The summed E-state index contributed by atoms with van der Waals surface area (Å²) in [7, 11) is 2.60. The molecule has 0 bridgehead atoms. The number of hydrogen-bond donors (Lipinski definition) is 0. The van der Waals surface area contributed by atoms with Crippen molar-refractivity contribution in [2.75, 3.05) is 21.0 Å². The summed E-state index contributed by atoms with van der Waals surface area (Å²) in [6.07, 6.45) is -0.297. The molecular formula is C22H22Cl2N2O5. The minimum atomic E-state index is -0.792. The van der Waals surface area contributed by atoms with Crippen molar-refractivity contribution in [3.63, 3.8) is 0 Å². The SMILES string of the molecule is COCN(C(=O)OC)C(=O)c1ccc(C2=NO[C@@](C)(c3cc(Cl)cc(Cl)c3)C2)cc1C. The minimum Gasteiger partial charge on any atom is -0.452 e. The molecule has 164 valence electrons. The van der Waals surface area contributed by atoms with Crippen molar-refractivity contribution in [1.29, 1.82) is 0 Å². The van der Waals surface area contributed by atoms with Crippen LogP contribution in [0.25, 0.3) is 0 Å². The summed E-state index contributed by atoms with van der Waals surface area (Å²) in [5.41, 5.74) is 2.67. The molecule has 0 spiro atoms. The van der Waals surface area contributed by atoms with Crippen LogP contribution in [0.2, 0.25) is 10.0 Å². The monoisotopic (exact) mass is 464 g/mol. The number of halogens is 2. The molecule has 0 aliphatic carbocycles. The van der Waals surface area contributed by atoms with E-state index in [0.717, 1.165) is 21.7 Å².